The third kappa shape index (κ3) is 10.4. The highest BCUT2D eigenvalue weighted by atomic mass is 127. The molecule has 0 heterocycles. The molecule has 0 saturated heterocycles. The maximum atomic E-state index is 11.5. The summed E-state index contributed by atoms with van der Waals surface area (Å²) >= 11 is 1.81. The molecule has 0 unspecified atom stereocenters. The van der Waals surface area contributed by atoms with Crippen LogP contribution in [0.5, 0.6) is 5.75 Å². The molecular formula is C21H29IN4O2S. The van der Waals surface area contributed by atoms with Gasteiger partial charge in [0.05, 0.1) is 0 Å². The van der Waals surface area contributed by atoms with Crippen LogP contribution in [0.1, 0.15) is 12.5 Å². The Morgan fingerprint density at radius 2 is 1.86 bits per heavy atom. The van der Waals surface area contributed by atoms with Crippen molar-refractivity contribution < 1.29 is 9.53 Å². The van der Waals surface area contributed by atoms with Gasteiger partial charge in [-0.1, -0.05) is 30.3 Å². The predicted molar refractivity (Wildman–Crippen MR) is 131 cm³/mol. The fraction of sp³-hybridized carbons (Fsp3) is 0.333. The van der Waals surface area contributed by atoms with Crippen LogP contribution < -0.4 is 20.7 Å². The second-order valence-corrected chi connectivity index (χ2v) is 7.07. The molecule has 158 valence electrons. The van der Waals surface area contributed by atoms with Crippen LogP contribution in [0.2, 0.25) is 0 Å². The van der Waals surface area contributed by atoms with Gasteiger partial charge in [-0.25, -0.2) is 0 Å². The molecule has 6 nitrogen and oxygen atoms in total. The molecule has 0 fully saturated rings. The van der Waals surface area contributed by atoms with Crippen molar-refractivity contribution >= 4 is 47.6 Å². The second-order valence-electron chi connectivity index (χ2n) is 5.90. The van der Waals surface area contributed by atoms with Crippen LogP contribution in [0.3, 0.4) is 0 Å². The van der Waals surface area contributed by atoms with Crippen molar-refractivity contribution in [2.24, 2.45) is 4.99 Å². The third-order valence-corrected chi connectivity index (χ3v) is 4.75. The quantitative estimate of drug-likeness (QED) is 0.145. The van der Waals surface area contributed by atoms with E-state index in [4.69, 9.17) is 4.74 Å². The number of thioether (sulfide) groups is 1. The number of benzene rings is 2. The lowest BCUT2D eigenvalue weighted by Crippen LogP contribution is -2.37. The Morgan fingerprint density at radius 1 is 1.07 bits per heavy atom. The monoisotopic (exact) mass is 528 g/mol. The van der Waals surface area contributed by atoms with E-state index >= 15 is 0 Å². The van der Waals surface area contributed by atoms with Crippen LogP contribution >= 0.6 is 35.7 Å². The number of rotatable bonds is 10. The van der Waals surface area contributed by atoms with E-state index in [1.54, 1.807) is 18.8 Å². The van der Waals surface area contributed by atoms with Gasteiger partial charge >= 0.3 is 0 Å². The first-order chi connectivity index (χ1) is 13.7. The normalized spacial score (nSPS) is 10.6. The Kier molecular flexibility index (Phi) is 13.0. The van der Waals surface area contributed by atoms with E-state index in [0.29, 0.717) is 18.8 Å². The Morgan fingerprint density at radius 3 is 2.59 bits per heavy atom. The molecule has 8 heteroatoms. The van der Waals surface area contributed by atoms with Gasteiger partial charge in [0.2, 0.25) is 0 Å². The largest absolute Gasteiger partial charge is 0.484 e. The van der Waals surface area contributed by atoms with Gasteiger partial charge in [0.15, 0.2) is 12.6 Å². The number of ether oxygens (including phenoxy) is 1. The topological polar surface area (TPSA) is 74.8 Å². The zero-order valence-corrected chi connectivity index (χ0v) is 20.0. The standard InChI is InChI=1S/C21H28N4O2S.HI/c1-3-23-20(26)16-27-18-9-7-8-17(14-18)15-25-21(22-2)24-12-13-28-19-10-5-4-6-11-19;/h4-11,14H,3,12-13,15-16H2,1-2H3,(H,23,26)(H2,22,24,25);1H. The highest BCUT2D eigenvalue weighted by Gasteiger charge is 2.03. The zero-order chi connectivity index (χ0) is 20.0. The number of hydrogen-bond donors (Lipinski definition) is 3. The minimum absolute atomic E-state index is 0. The van der Waals surface area contributed by atoms with Crippen molar-refractivity contribution in [2.75, 3.05) is 32.5 Å². The van der Waals surface area contributed by atoms with Crippen LogP contribution in [0.15, 0.2) is 64.5 Å². The van der Waals surface area contributed by atoms with Crippen molar-refractivity contribution in [3.63, 3.8) is 0 Å². The molecule has 0 aliphatic heterocycles. The number of guanidine groups is 1. The third-order valence-electron chi connectivity index (χ3n) is 3.73. The van der Waals surface area contributed by atoms with Gasteiger partial charge in [0.25, 0.3) is 5.91 Å². The fourth-order valence-corrected chi connectivity index (χ4v) is 3.19. The number of hydrogen-bond acceptors (Lipinski definition) is 4. The molecule has 29 heavy (non-hydrogen) atoms. The van der Waals surface area contributed by atoms with Crippen molar-refractivity contribution in [2.45, 2.75) is 18.4 Å². The van der Waals surface area contributed by atoms with Crippen LogP contribution in [0.4, 0.5) is 0 Å². The number of likely N-dealkylation sites (N-methyl/N-ethyl adjacent to an activating group) is 1. The highest BCUT2D eigenvalue weighted by Crippen LogP contribution is 2.16. The predicted octanol–water partition coefficient (Wildman–Crippen LogP) is 3.28. The van der Waals surface area contributed by atoms with Crippen LogP contribution in [0.25, 0.3) is 0 Å². The molecule has 0 aromatic heterocycles. The van der Waals surface area contributed by atoms with Gasteiger partial charge in [-0.05, 0) is 36.8 Å². The number of carbonyl (C=O) groups excluding carboxylic acids is 1. The number of nitrogens with zero attached hydrogens (tertiary/aromatic N) is 1. The van der Waals surface area contributed by atoms with E-state index in [9.17, 15) is 4.79 Å². The van der Waals surface area contributed by atoms with Crippen molar-refractivity contribution in [3.8, 4) is 5.75 Å². The summed E-state index contributed by atoms with van der Waals surface area (Å²) in [6, 6.07) is 18.0. The summed E-state index contributed by atoms with van der Waals surface area (Å²) in [5.74, 6) is 2.26. The van der Waals surface area contributed by atoms with Crippen molar-refractivity contribution in [3.05, 3.63) is 60.2 Å². The molecule has 0 aliphatic rings. The lowest BCUT2D eigenvalue weighted by atomic mass is 10.2. The van der Waals surface area contributed by atoms with E-state index in [2.05, 4.69) is 33.1 Å². The Hall–Kier alpha value is -1.94. The summed E-state index contributed by atoms with van der Waals surface area (Å²) in [5, 5.41) is 9.31. The van der Waals surface area contributed by atoms with Gasteiger partial charge in [-0.2, -0.15) is 0 Å². The molecule has 0 saturated carbocycles. The van der Waals surface area contributed by atoms with Crippen LogP contribution in [-0.4, -0.2) is 44.4 Å². The molecule has 1 amide bonds. The van der Waals surface area contributed by atoms with E-state index in [-0.39, 0.29) is 36.5 Å². The maximum absolute atomic E-state index is 11.5. The first kappa shape index (κ1) is 25.1. The summed E-state index contributed by atoms with van der Waals surface area (Å²) in [7, 11) is 1.76. The SMILES string of the molecule is CCNC(=O)COc1cccc(CNC(=NC)NCCSc2ccccc2)c1.I. The van der Waals surface area contributed by atoms with Gasteiger partial charge in [-0.15, -0.1) is 35.7 Å². The molecule has 0 aliphatic carbocycles. The minimum Gasteiger partial charge on any atom is -0.484 e. The van der Waals surface area contributed by atoms with Gasteiger partial charge < -0.3 is 20.7 Å². The summed E-state index contributed by atoms with van der Waals surface area (Å²) in [4.78, 5) is 17.0. The molecule has 2 aromatic carbocycles. The van der Waals surface area contributed by atoms with Gasteiger partial charge in [0.1, 0.15) is 5.75 Å². The number of aliphatic imine (C=N–C) groups is 1. The molecule has 0 spiro atoms. The molecule has 0 atom stereocenters. The molecule has 2 aromatic rings. The summed E-state index contributed by atoms with van der Waals surface area (Å²) < 4.78 is 5.53. The Balaban J connectivity index is 0.00000420. The van der Waals surface area contributed by atoms with E-state index in [1.165, 1.54) is 4.90 Å². The molecule has 2 rings (SSSR count). The second kappa shape index (κ2) is 15.0. The van der Waals surface area contributed by atoms with Crippen LogP contribution in [0, 0.1) is 0 Å². The summed E-state index contributed by atoms with van der Waals surface area (Å²) in [6.45, 7) is 3.93. The Labute approximate surface area is 194 Å². The number of carbonyl (C=O) groups is 1. The number of nitrogens with one attached hydrogen (secondary N) is 3. The average Bonchev–Trinajstić information content (AvgIpc) is 2.73. The smallest absolute Gasteiger partial charge is 0.257 e. The highest BCUT2D eigenvalue weighted by molar-refractivity contribution is 14.0. The maximum Gasteiger partial charge on any atom is 0.257 e. The zero-order valence-electron chi connectivity index (χ0n) is 16.8. The molecule has 0 bridgehead atoms. The number of amides is 1. The Bertz CT molecular complexity index is 759. The van der Waals surface area contributed by atoms with Gasteiger partial charge in [-0.3, -0.25) is 9.79 Å². The van der Waals surface area contributed by atoms with Gasteiger partial charge in [0, 0.05) is 37.3 Å². The first-order valence-corrected chi connectivity index (χ1v) is 10.3. The minimum atomic E-state index is -0.121. The first-order valence-electron chi connectivity index (χ1n) is 9.32. The molecular weight excluding hydrogens is 499 g/mol. The summed E-state index contributed by atoms with van der Waals surface area (Å²) in [5.41, 5.74) is 1.05. The molecule has 3 N–H and O–H groups in total. The number of halogens is 1. The van der Waals surface area contributed by atoms with Crippen LogP contribution in [-0.2, 0) is 11.3 Å². The average molecular weight is 528 g/mol. The van der Waals surface area contributed by atoms with E-state index < -0.39 is 0 Å². The van der Waals surface area contributed by atoms with E-state index in [0.717, 1.165) is 23.8 Å². The van der Waals surface area contributed by atoms with Crippen molar-refractivity contribution in [1.82, 2.24) is 16.0 Å². The molecule has 0 radical (unpaired) electrons. The lowest BCUT2D eigenvalue weighted by molar-refractivity contribution is -0.122. The van der Waals surface area contributed by atoms with E-state index in [1.807, 2.05) is 49.4 Å². The summed E-state index contributed by atoms with van der Waals surface area (Å²) in [6.07, 6.45) is 0. The fourth-order valence-electron chi connectivity index (χ4n) is 2.40. The van der Waals surface area contributed by atoms with Crippen molar-refractivity contribution in [1.29, 1.82) is 0 Å². The lowest BCUT2D eigenvalue weighted by Gasteiger charge is -2.13.